The Bertz CT molecular complexity index is 1630. The number of hydrazine groups is 1. The fraction of sp³-hybridized carbons (Fsp3) is 0.303. The van der Waals surface area contributed by atoms with E-state index >= 15 is 0 Å². The number of benzene rings is 3. The van der Waals surface area contributed by atoms with Crippen molar-refractivity contribution in [2.45, 2.75) is 39.3 Å². The van der Waals surface area contributed by atoms with Gasteiger partial charge in [0.15, 0.2) is 0 Å². The van der Waals surface area contributed by atoms with Gasteiger partial charge >= 0.3 is 0 Å². The Hall–Kier alpha value is -3.92. The van der Waals surface area contributed by atoms with Gasteiger partial charge in [-0.15, -0.1) is 0 Å². The summed E-state index contributed by atoms with van der Waals surface area (Å²) in [6.45, 7) is 9.08. The van der Waals surface area contributed by atoms with Crippen molar-refractivity contribution >= 4 is 34.9 Å². The summed E-state index contributed by atoms with van der Waals surface area (Å²) in [5.41, 5.74) is 11.9. The zero-order chi connectivity index (χ0) is 30.0. The molecular formula is C33H38N6O2S. The lowest BCUT2D eigenvalue weighted by molar-refractivity contribution is 0.102. The molecule has 1 atom stereocenters. The number of carbonyl (C=O) groups is 1. The summed E-state index contributed by atoms with van der Waals surface area (Å²) in [5, 5.41) is 6.95. The number of amides is 1. The number of aromatic nitrogens is 2. The number of aryl methyl sites for hydroxylation is 1. The van der Waals surface area contributed by atoms with E-state index in [1.807, 2.05) is 89.7 Å². The number of nitrogens with one attached hydrogen (secondary N) is 1. The summed E-state index contributed by atoms with van der Waals surface area (Å²) in [5.74, 6) is 1.74. The van der Waals surface area contributed by atoms with Gasteiger partial charge in [0.25, 0.3) is 11.5 Å². The molecule has 42 heavy (non-hydrogen) atoms. The lowest BCUT2D eigenvalue weighted by Gasteiger charge is -2.41. The maximum absolute atomic E-state index is 13.6. The van der Waals surface area contributed by atoms with E-state index in [-0.39, 0.29) is 28.9 Å². The summed E-state index contributed by atoms with van der Waals surface area (Å²) in [6, 6.07) is 23.2. The highest BCUT2D eigenvalue weighted by Gasteiger charge is 2.30. The normalized spacial score (nSPS) is 15.8. The molecule has 0 bridgehead atoms. The molecule has 3 aromatic carbocycles. The zero-order valence-electron chi connectivity index (χ0n) is 24.8. The van der Waals surface area contributed by atoms with Gasteiger partial charge in [-0.1, -0.05) is 63.2 Å². The van der Waals surface area contributed by atoms with E-state index in [9.17, 15) is 9.59 Å². The summed E-state index contributed by atoms with van der Waals surface area (Å²) in [4.78, 5) is 31.7. The van der Waals surface area contributed by atoms with Crippen molar-refractivity contribution in [3.05, 3.63) is 106 Å². The van der Waals surface area contributed by atoms with Crippen molar-refractivity contribution in [3.8, 4) is 11.3 Å². The van der Waals surface area contributed by atoms with Crippen LogP contribution in [0.25, 0.3) is 11.3 Å². The Kier molecular flexibility index (Phi) is 8.54. The van der Waals surface area contributed by atoms with Gasteiger partial charge in [-0.05, 0) is 53.8 Å². The second-order valence-corrected chi connectivity index (χ2v) is 12.7. The van der Waals surface area contributed by atoms with Crippen LogP contribution in [0.1, 0.15) is 42.3 Å². The van der Waals surface area contributed by atoms with Crippen molar-refractivity contribution in [2.75, 3.05) is 28.4 Å². The first-order valence-corrected chi connectivity index (χ1v) is 15.2. The number of nitrogens with zero attached hydrogens (tertiary/aromatic N) is 4. The number of nitrogens with two attached hydrogens (primary N) is 1. The Morgan fingerprint density at radius 2 is 1.76 bits per heavy atom. The van der Waals surface area contributed by atoms with Gasteiger partial charge < -0.3 is 15.6 Å². The molecule has 0 spiro atoms. The van der Waals surface area contributed by atoms with Crippen molar-refractivity contribution in [1.82, 2.24) is 14.6 Å². The largest absolute Gasteiger partial charge is 0.322 e. The lowest BCUT2D eigenvalue weighted by atomic mass is 9.86. The molecule has 4 aromatic rings. The first kappa shape index (κ1) is 29.6. The molecule has 5 rings (SSSR count). The topological polar surface area (TPSA) is 96.5 Å². The van der Waals surface area contributed by atoms with Crippen molar-refractivity contribution in [2.24, 2.45) is 12.8 Å². The molecule has 0 aliphatic carbocycles. The molecule has 1 amide bonds. The first-order valence-electron chi connectivity index (χ1n) is 14.1. The second-order valence-electron chi connectivity index (χ2n) is 11.6. The average Bonchev–Trinajstić information content (AvgIpc) is 2.97. The summed E-state index contributed by atoms with van der Waals surface area (Å²) < 4.78 is 1.55. The molecule has 2 heterocycles. The average molecular weight is 583 g/mol. The quantitative estimate of drug-likeness (QED) is 0.301. The Balaban J connectivity index is 1.52. The van der Waals surface area contributed by atoms with Crippen LogP contribution in [0.3, 0.4) is 0 Å². The molecule has 8 nitrogen and oxygen atoms in total. The van der Waals surface area contributed by atoms with Crippen LogP contribution in [0, 0.1) is 6.92 Å². The molecule has 218 valence electrons. The van der Waals surface area contributed by atoms with E-state index in [0.717, 1.165) is 28.3 Å². The SMILES string of the molecule is Cc1c(NC(=O)c2ccc(C(C)(C)C)cc2)cccc1-c1cn(C)c(=O)c(N(c2ccccc2)N2CCSCC2N)n1. The van der Waals surface area contributed by atoms with Gasteiger partial charge in [-0.25, -0.2) is 4.98 Å². The first-order chi connectivity index (χ1) is 20.0. The predicted molar refractivity (Wildman–Crippen MR) is 173 cm³/mol. The number of hydrogen-bond donors (Lipinski definition) is 2. The minimum absolute atomic E-state index is 0.00960. The van der Waals surface area contributed by atoms with E-state index in [1.165, 1.54) is 5.56 Å². The third-order valence-electron chi connectivity index (χ3n) is 7.52. The monoisotopic (exact) mass is 582 g/mol. The van der Waals surface area contributed by atoms with Crippen LogP contribution in [-0.2, 0) is 12.5 Å². The number of rotatable bonds is 6. The highest BCUT2D eigenvalue weighted by Crippen LogP contribution is 2.32. The second kappa shape index (κ2) is 12.1. The molecule has 1 aliphatic heterocycles. The van der Waals surface area contributed by atoms with Gasteiger partial charge in [0.05, 0.1) is 17.5 Å². The molecule has 1 aliphatic rings. The van der Waals surface area contributed by atoms with Crippen LogP contribution in [-0.4, -0.2) is 44.7 Å². The molecule has 3 N–H and O–H groups in total. The number of hydrogen-bond acceptors (Lipinski definition) is 7. The van der Waals surface area contributed by atoms with Crippen LogP contribution in [0.15, 0.2) is 83.8 Å². The molecule has 0 radical (unpaired) electrons. The zero-order valence-corrected chi connectivity index (χ0v) is 25.6. The van der Waals surface area contributed by atoms with Gasteiger partial charge in [0, 0.05) is 48.1 Å². The Morgan fingerprint density at radius 3 is 2.43 bits per heavy atom. The fourth-order valence-electron chi connectivity index (χ4n) is 5.05. The smallest absolute Gasteiger partial charge is 0.295 e. The highest BCUT2D eigenvalue weighted by molar-refractivity contribution is 7.99. The minimum atomic E-state index is -0.267. The van der Waals surface area contributed by atoms with Crippen LogP contribution in [0.5, 0.6) is 0 Å². The van der Waals surface area contributed by atoms with E-state index in [1.54, 1.807) is 29.6 Å². The third kappa shape index (κ3) is 6.13. The predicted octanol–water partition coefficient (Wildman–Crippen LogP) is 5.69. The Morgan fingerprint density at radius 1 is 1.05 bits per heavy atom. The van der Waals surface area contributed by atoms with Crippen LogP contribution < -0.4 is 21.6 Å². The standard InChI is InChI=1S/C33H38N6O2S/c1-22-26(12-9-13-27(22)36-31(40)23-14-16-24(17-15-23)33(2,3)4)28-20-37(5)32(41)30(35-28)39(25-10-7-6-8-11-25)38-18-19-42-21-29(38)34/h6-17,20,29H,18-19,21,34H2,1-5H3,(H,36,40). The fourth-order valence-corrected chi connectivity index (χ4v) is 5.94. The lowest BCUT2D eigenvalue weighted by Crippen LogP contribution is -2.56. The van der Waals surface area contributed by atoms with Gasteiger partial charge in [-0.3, -0.25) is 14.6 Å². The van der Waals surface area contributed by atoms with Gasteiger partial charge in [0.1, 0.15) is 0 Å². The van der Waals surface area contributed by atoms with Crippen LogP contribution >= 0.6 is 11.8 Å². The molecule has 1 fully saturated rings. The van der Waals surface area contributed by atoms with Crippen molar-refractivity contribution < 1.29 is 4.79 Å². The molecule has 1 unspecified atom stereocenters. The van der Waals surface area contributed by atoms with E-state index in [0.29, 0.717) is 23.5 Å². The van der Waals surface area contributed by atoms with E-state index in [4.69, 9.17) is 10.7 Å². The third-order valence-corrected chi connectivity index (χ3v) is 8.57. The summed E-state index contributed by atoms with van der Waals surface area (Å²) >= 11 is 1.80. The van der Waals surface area contributed by atoms with Crippen molar-refractivity contribution in [3.63, 3.8) is 0 Å². The van der Waals surface area contributed by atoms with Gasteiger partial charge in [-0.2, -0.15) is 16.8 Å². The summed E-state index contributed by atoms with van der Waals surface area (Å²) in [6.07, 6.45) is 1.47. The molecule has 9 heteroatoms. The highest BCUT2D eigenvalue weighted by atomic mass is 32.2. The molecular weight excluding hydrogens is 544 g/mol. The van der Waals surface area contributed by atoms with Crippen molar-refractivity contribution in [1.29, 1.82) is 0 Å². The molecule has 1 aromatic heterocycles. The maximum atomic E-state index is 13.6. The summed E-state index contributed by atoms with van der Waals surface area (Å²) in [7, 11) is 1.73. The molecule has 1 saturated heterocycles. The Labute approximate surface area is 251 Å². The maximum Gasteiger partial charge on any atom is 0.295 e. The number of anilines is 3. The number of thioether (sulfide) groups is 1. The minimum Gasteiger partial charge on any atom is -0.322 e. The molecule has 0 saturated carbocycles. The van der Waals surface area contributed by atoms with Crippen LogP contribution in [0.2, 0.25) is 0 Å². The van der Waals surface area contributed by atoms with E-state index in [2.05, 4.69) is 26.1 Å². The van der Waals surface area contributed by atoms with Crippen LogP contribution in [0.4, 0.5) is 17.2 Å². The number of carbonyl (C=O) groups excluding carboxylic acids is 1. The number of para-hydroxylation sites is 1. The van der Waals surface area contributed by atoms with E-state index < -0.39 is 0 Å². The van der Waals surface area contributed by atoms with Gasteiger partial charge in [0.2, 0.25) is 5.82 Å².